The van der Waals surface area contributed by atoms with Crippen LogP contribution in [-0.4, -0.2) is 41.4 Å². The van der Waals surface area contributed by atoms with Gasteiger partial charge in [0.25, 0.3) is 0 Å². The molecule has 0 spiro atoms. The highest BCUT2D eigenvalue weighted by molar-refractivity contribution is 7.83. The normalized spacial score (nSPS) is 8.40. The Hall–Kier alpha value is -0.420. The van der Waals surface area contributed by atoms with Gasteiger partial charge in [0.1, 0.15) is 0 Å². The predicted octanol–water partition coefficient (Wildman–Crippen LogP) is -0.715. The van der Waals surface area contributed by atoms with E-state index in [1.165, 1.54) is 0 Å². The highest BCUT2D eigenvalue weighted by Crippen LogP contribution is 1.50. The smallest absolute Gasteiger partial charge is 0.317 e. The fraction of sp³-hybridized carbons (Fsp3) is 0.800. The maximum atomic E-state index is 9.56. The molecule has 0 amide bonds. The lowest BCUT2D eigenvalue weighted by Gasteiger charge is -1.84. The molecule has 62 valence electrons. The molecular formula is C5H13NO3S. The molecule has 0 unspecified atom stereocenters. The number of hydrogen-bond acceptors (Lipinski definition) is 3. The molecule has 0 aromatic carbocycles. The van der Waals surface area contributed by atoms with E-state index in [0.717, 1.165) is 0 Å². The molecule has 0 aliphatic rings. The quantitative estimate of drug-likeness (QED) is 0.570. The monoisotopic (exact) mass is 167 g/mol. The SMILES string of the molecule is CNCC(=O)O.CS(C)=O. The molecule has 0 atom stereocenters. The van der Waals surface area contributed by atoms with Crippen molar-refractivity contribution in [3.05, 3.63) is 0 Å². The van der Waals surface area contributed by atoms with Crippen molar-refractivity contribution in [3.63, 3.8) is 0 Å². The van der Waals surface area contributed by atoms with E-state index in [9.17, 15) is 9.00 Å². The largest absolute Gasteiger partial charge is 0.480 e. The second kappa shape index (κ2) is 8.58. The fourth-order valence-corrected chi connectivity index (χ4v) is 0.151. The minimum atomic E-state index is -0.822. The summed E-state index contributed by atoms with van der Waals surface area (Å²) in [6, 6.07) is 0. The van der Waals surface area contributed by atoms with Gasteiger partial charge in [0.2, 0.25) is 0 Å². The molecule has 0 fully saturated rings. The Balaban J connectivity index is 0. The van der Waals surface area contributed by atoms with Crippen molar-refractivity contribution in [2.24, 2.45) is 0 Å². The van der Waals surface area contributed by atoms with Crippen LogP contribution in [0.15, 0.2) is 0 Å². The Kier molecular flexibility index (Phi) is 10.5. The predicted molar refractivity (Wildman–Crippen MR) is 41.6 cm³/mol. The molecule has 10 heavy (non-hydrogen) atoms. The second-order valence-electron chi connectivity index (χ2n) is 1.67. The van der Waals surface area contributed by atoms with Crippen LogP contribution in [0.3, 0.4) is 0 Å². The summed E-state index contributed by atoms with van der Waals surface area (Å²) in [5.74, 6) is -0.822. The van der Waals surface area contributed by atoms with E-state index in [2.05, 4.69) is 5.32 Å². The molecule has 0 aliphatic carbocycles. The minimum absolute atomic E-state index is 0.0417. The van der Waals surface area contributed by atoms with Gasteiger partial charge in [-0.2, -0.15) is 0 Å². The summed E-state index contributed by atoms with van der Waals surface area (Å²) in [4.78, 5) is 9.54. The van der Waals surface area contributed by atoms with Crippen LogP contribution in [-0.2, 0) is 15.6 Å². The van der Waals surface area contributed by atoms with Crippen LogP contribution in [0.5, 0.6) is 0 Å². The van der Waals surface area contributed by atoms with E-state index in [1.54, 1.807) is 19.6 Å². The van der Waals surface area contributed by atoms with Crippen molar-refractivity contribution < 1.29 is 14.1 Å². The molecule has 0 saturated carbocycles. The first-order valence-electron chi connectivity index (χ1n) is 2.62. The first-order valence-corrected chi connectivity index (χ1v) is 4.58. The molecular weight excluding hydrogens is 154 g/mol. The van der Waals surface area contributed by atoms with Crippen LogP contribution in [0, 0.1) is 0 Å². The van der Waals surface area contributed by atoms with Gasteiger partial charge >= 0.3 is 5.97 Å². The van der Waals surface area contributed by atoms with Gasteiger partial charge < -0.3 is 10.4 Å². The van der Waals surface area contributed by atoms with Crippen LogP contribution in [0.1, 0.15) is 0 Å². The van der Waals surface area contributed by atoms with Crippen molar-refractivity contribution in [1.82, 2.24) is 5.32 Å². The molecule has 0 heterocycles. The number of carboxylic acids is 1. The van der Waals surface area contributed by atoms with E-state index < -0.39 is 16.8 Å². The highest BCUT2D eigenvalue weighted by Gasteiger charge is 1.86. The molecule has 4 nitrogen and oxygen atoms in total. The first-order chi connectivity index (χ1) is 4.50. The Morgan fingerprint density at radius 1 is 1.60 bits per heavy atom. The van der Waals surface area contributed by atoms with E-state index in [0.29, 0.717) is 0 Å². The van der Waals surface area contributed by atoms with Gasteiger partial charge in [0, 0.05) is 23.3 Å². The zero-order valence-corrected chi connectivity index (χ0v) is 7.20. The zero-order chi connectivity index (χ0) is 8.57. The third-order valence-electron chi connectivity index (χ3n) is 0.328. The summed E-state index contributed by atoms with van der Waals surface area (Å²) in [6.45, 7) is 0.0417. The number of rotatable bonds is 2. The van der Waals surface area contributed by atoms with Crippen molar-refractivity contribution in [1.29, 1.82) is 0 Å². The van der Waals surface area contributed by atoms with Crippen molar-refractivity contribution >= 4 is 16.8 Å². The maximum Gasteiger partial charge on any atom is 0.317 e. The standard InChI is InChI=1S/C3H7NO2.C2H6OS/c1-4-2-3(5)6;1-4(2)3/h4H,2H2,1H3,(H,5,6);1-2H3. The van der Waals surface area contributed by atoms with Crippen LogP contribution < -0.4 is 5.32 Å². The summed E-state index contributed by atoms with van der Waals surface area (Å²) in [7, 11) is 0.980. The average Bonchev–Trinajstić information content (AvgIpc) is 1.62. The van der Waals surface area contributed by atoms with Crippen molar-refractivity contribution in [2.75, 3.05) is 26.1 Å². The number of aliphatic carboxylic acids is 1. The lowest BCUT2D eigenvalue weighted by Crippen LogP contribution is -2.16. The Labute approximate surface area is 63.1 Å². The number of likely N-dealkylation sites (N-methyl/N-ethyl adjacent to an activating group) is 1. The van der Waals surface area contributed by atoms with E-state index in [1.807, 2.05) is 0 Å². The molecule has 0 radical (unpaired) electrons. The zero-order valence-electron chi connectivity index (χ0n) is 6.38. The highest BCUT2D eigenvalue weighted by atomic mass is 32.2. The Bertz CT molecular complexity index is 111. The summed E-state index contributed by atoms with van der Waals surface area (Å²) < 4.78 is 9.56. The number of nitrogens with one attached hydrogen (secondary N) is 1. The average molecular weight is 167 g/mol. The minimum Gasteiger partial charge on any atom is -0.480 e. The van der Waals surface area contributed by atoms with Crippen LogP contribution in [0.2, 0.25) is 0 Å². The van der Waals surface area contributed by atoms with E-state index in [-0.39, 0.29) is 6.54 Å². The molecule has 0 rings (SSSR count). The molecule has 0 bridgehead atoms. The lowest BCUT2D eigenvalue weighted by molar-refractivity contribution is -0.135. The Morgan fingerprint density at radius 3 is 1.90 bits per heavy atom. The van der Waals surface area contributed by atoms with Gasteiger partial charge in [-0.15, -0.1) is 0 Å². The lowest BCUT2D eigenvalue weighted by atomic mass is 10.7. The summed E-state index contributed by atoms with van der Waals surface area (Å²) in [5.41, 5.74) is 0. The van der Waals surface area contributed by atoms with Gasteiger partial charge in [-0.3, -0.25) is 9.00 Å². The Morgan fingerprint density at radius 2 is 1.90 bits per heavy atom. The molecule has 2 N–H and O–H groups in total. The van der Waals surface area contributed by atoms with Crippen LogP contribution >= 0.6 is 0 Å². The van der Waals surface area contributed by atoms with Crippen LogP contribution in [0.4, 0.5) is 0 Å². The van der Waals surface area contributed by atoms with Gasteiger partial charge in [-0.25, -0.2) is 0 Å². The molecule has 5 heteroatoms. The van der Waals surface area contributed by atoms with Gasteiger partial charge in [-0.1, -0.05) is 0 Å². The van der Waals surface area contributed by atoms with Crippen molar-refractivity contribution in [3.8, 4) is 0 Å². The number of hydrogen-bond donors (Lipinski definition) is 2. The summed E-state index contributed by atoms with van der Waals surface area (Å²) >= 11 is 0. The summed E-state index contributed by atoms with van der Waals surface area (Å²) in [6.07, 6.45) is 3.28. The third-order valence-corrected chi connectivity index (χ3v) is 0.328. The van der Waals surface area contributed by atoms with Gasteiger partial charge in [0.05, 0.1) is 6.54 Å². The second-order valence-corrected chi connectivity index (χ2v) is 3.15. The molecule has 0 aromatic rings. The molecule has 0 saturated heterocycles. The van der Waals surface area contributed by atoms with E-state index in [4.69, 9.17) is 5.11 Å². The van der Waals surface area contributed by atoms with Crippen molar-refractivity contribution in [2.45, 2.75) is 0 Å². The summed E-state index contributed by atoms with van der Waals surface area (Å²) in [5, 5.41) is 10.3. The first kappa shape index (κ1) is 12.3. The van der Waals surface area contributed by atoms with Gasteiger partial charge in [0.15, 0.2) is 0 Å². The molecule has 0 aromatic heterocycles. The molecule has 0 aliphatic heterocycles. The number of carbonyl (C=O) groups is 1. The van der Waals surface area contributed by atoms with E-state index >= 15 is 0 Å². The van der Waals surface area contributed by atoms with Gasteiger partial charge in [-0.05, 0) is 7.05 Å². The fourth-order valence-electron chi connectivity index (χ4n) is 0.151. The number of carboxylic acid groups (broad SMARTS) is 1. The maximum absolute atomic E-state index is 9.56. The van der Waals surface area contributed by atoms with Crippen LogP contribution in [0.25, 0.3) is 0 Å². The topological polar surface area (TPSA) is 66.4 Å². The third kappa shape index (κ3) is 49.3.